The fraction of sp³-hybridized carbons (Fsp3) is 0. The molecule has 86 valence electrons. The van der Waals surface area contributed by atoms with Gasteiger partial charge < -0.3 is 10.0 Å². The first-order chi connectivity index (χ1) is 8.08. The number of hydrogen-bond acceptors (Lipinski definition) is 2. The van der Waals surface area contributed by atoms with Crippen LogP contribution in [-0.4, -0.2) is 17.2 Å². The summed E-state index contributed by atoms with van der Waals surface area (Å²) in [7, 11) is -1.49. The molecule has 0 aliphatic rings. The molecule has 0 atom stereocenters. The van der Waals surface area contributed by atoms with Gasteiger partial charge >= 0.3 is 7.12 Å². The van der Waals surface area contributed by atoms with Gasteiger partial charge in [0.05, 0.1) is 5.02 Å². The minimum atomic E-state index is -1.49. The molecule has 0 spiro atoms. The zero-order valence-corrected chi connectivity index (χ0v) is 9.53. The van der Waals surface area contributed by atoms with Crippen LogP contribution in [0.1, 0.15) is 0 Å². The van der Waals surface area contributed by atoms with Crippen molar-refractivity contribution in [1.82, 2.24) is 0 Å². The molecule has 0 aliphatic heterocycles. The average molecular weight is 250 g/mol. The summed E-state index contributed by atoms with van der Waals surface area (Å²) in [6.07, 6.45) is 0. The second-order valence-electron chi connectivity index (χ2n) is 3.62. The van der Waals surface area contributed by atoms with E-state index in [9.17, 15) is 4.39 Å². The first-order valence-electron chi connectivity index (χ1n) is 4.99. The lowest BCUT2D eigenvalue weighted by molar-refractivity contribution is 0.426. The van der Waals surface area contributed by atoms with E-state index in [2.05, 4.69) is 0 Å². The van der Waals surface area contributed by atoms with Crippen LogP contribution in [0.25, 0.3) is 11.1 Å². The van der Waals surface area contributed by atoms with Crippen molar-refractivity contribution in [2.75, 3.05) is 0 Å². The second kappa shape index (κ2) is 4.88. The van der Waals surface area contributed by atoms with Gasteiger partial charge in [-0.15, -0.1) is 0 Å². The maximum absolute atomic E-state index is 12.9. The fourth-order valence-corrected chi connectivity index (χ4v) is 1.83. The summed E-state index contributed by atoms with van der Waals surface area (Å²) in [6, 6.07) is 10.7. The van der Waals surface area contributed by atoms with Gasteiger partial charge in [-0.2, -0.15) is 0 Å². The molecule has 2 aromatic rings. The molecule has 2 nitrogen and oxygen atoms in total. The van der Waals surface area contributed by atoms with E-state index >= 15 is 0 Å². The van der Waals surface area contributed by atoms with Crippen LogP contribution in [-0.2, 0) is 0 Å². The van der Waals surface area contributed by atoms with E-state index in [0.717, 1.165) is 5.56 Å². The predicted molar refractivity (Wildman–Crippen MR) is 66.7 cm³/mol. The van der Waals surface area contributed by atoms with E-state index in [1.807, 2.05) is 0 Å². The predicted octanol–water partition coefficient (Wildman–Crippen LogP) is 1.83. The molecule has 0 fully saturated rings. The minimum absolute atomic E-state index is 0.322. The van der Waals surface area contributed by atoms with Crippen molar-refractivity contribution < 1.29 is 14.4 Å². The summed E-state index contributed by atoms with van der Waals surface area (Å²) < 4.78 is 12.9. The van der Waals surface area contributed by atoms with Crippen molar-refractivity contribution in [2.45, 2.75) is 0 Å². The van der Waals surface area contributed by atoms with Crippen LogP contribution in [0.4, 0.5) is 4.39 Å². The molecule has 2 aromatic carbocycles. The van der Waals surface area contributed by atoms with Crippen LogP contribution >= 0.6 is 11.6 Å². The Morgan fingerprint density at radius 3 is 2.18 bits per heavy atom. The average Bonchev–Trinajstić information content (AvgIpc) is 2.29. The van der Waals surface area contributed by atoms with Gasteiger partial charge in [0, 0.05) is 5.56 Å². The summed E-state index contributed by atoms with van der Waals surface area (Å²) in [4.78, 5) is 0. The summed E-state index contributed by atoms with van der Waals surface area (Å²) in [5, 5.41) is 18.2. The number of halogens is 2. The summed E-state index contributed by atoms with van der Waals surface area (Å²) in [5.41, 5.74) is 1.89. The maximum Gasteiger partial charge on any atom is 0.488 e. The third-order valence-electron chi connectivity index (χ3n) is 2.45. The fourth-order valence-electron chi connectivity index (χ4n) is 1.56. The van der Waals surface area contributed by atoms with E-state index in [1.165, 1.54) is 12.1 Å². The highest BCUT2D eigenvalue weighted by atomic mass is 35.5. The second-order valence-corrected chi connectivity index (χ2v) is 4.03. The smallest absolute Gasteiger partial charge is 0.423 e. The lowest BCUT2D eigenvalue weighted by atomic mass is 9.80. The van der Waals surface area contributed by atoms with Gasteiger partial charge in [0.25, 0.3) is 0 Å². The van der Waals surface area contributed by atoms with Crippen LogP contribution in [0.15, 0.2) is 42.5 Å². The molecule has 0 aromatic heterocycles. The quantitative estimate of drug-likeness (QED) is 0.798. The van der Waals surface area contributed by atoms with E-state index in [4.69, 9.17) is 21.6 Å². The van der Waals surface area contributed by atoms with Gasteiger partial charge in [0.1, 0.15) is 5.82 Å². The van der Waals surface area contributed by atoms with Crippen LogP contribution in [0.3, 0.4) is 0 Å². The Kier molecular flexibility index (Phi) is 3.47. The van der Waals surface area contributed by atoms with Crippen molar-refractivity contribution in [3.05, 3.63) is 53.3 Å². The first-order valence-corrected chi connectivity index (χ1v) is 5.37. The van der Waals surface area contributed by atoms with Crippen molar-refractivity contribution in [1.29, 1.82) is 0 Å². The van der Waals surface area contributed by atoms with E-state index < -0.39 is 7.12 Å². The van der Waals surface area contributed by atoms with E-state index in [-0.39, 0.29) is 5.82 Å². The molecule has 5 heteroatoms. The molecular weight excluding hydrogens is 241 g/mol. The lowest BCUT2D eigenvalue weighted by Crippen LogP contribution is -2.29. The van der Waals surface area contributed by atoms with Crippen LogP contribution < -0.4 is 5.46 Å². The number of rotatable bonds is 2. The first kappa shape index (κ1) is 12.1. The molecule has 2 rings (SSSR count). The molecule has 0 amide bonds. The summed E-state index contributed by atoms with van der Waals surface area (Å²) in [6.45, 7) is 0. The maximum atomic E-state index is 12.9. The molecule has 0 saturated heterocycles. The molecule has 2 N–H and O–H groups in total. The zero-order chi connectivity index (χ0) is 12.4. The van der Waals surface area contributed by atoms with Gasteiger partial charge in [-0.05, 0) is 29.2 Å². The highest BCUT2D eigenvalue weighted by Crippen LogP contribution is 2.27. The topological polar surface area (TPSA) is 40.5 Å². The SMILES string of the molecule is OB(O)c1ccc(-c2ccc(F)cc2Cl)cc1. The Morgan fingerprint density at radius 2 is 1.65 bits per heavy atom. The van der Waals surface area contributed by atoms with Crippen LogP contribution in [0.5, 0.6) is 0 Å². The largest absolute Gasteiger partial charge is 0.488 e. The van der Waals surface area contributed by atoms with Gasteiger partial charge in [0.15, 0.2) is 0 Å². The molecular formula is C12H9BClFO2. The Labute approximate surface area is 103 Å². The molecule has 0 heterocycles. The monoisotopic (exact) mass is 250 g/mol. The highest BCUT2D eigenvalue weighted by molar-refractivity contribution is 6.58. The zero-order valence-electron chi connectivity index (χ0n) is 8.77. The van der Waals surface area contributed by atoms with Crippen molar-refractivity contribution in [2.24, 2.45) is 0 Å². The van der Waals surface area contributed by atoms with E-state index in [0.29, 0.717) is 16.0 Å². The van der Waals surface area contributed by atoms with Gasteiger partial charge in [-0.3, -0.25) is 0 Å². The molecule has 0 unspecified atom stereocenters. The van der Waals surface area contributed by atoms with Gasteiger partial charge in [-0.1, -0.05) is 35.9 Å². The Hall–Kier alpha value is -1.36. The van der Waals surface area contributed by atoms with Crippen molar-refractivity contribution >= 4 is 24.2 Å². The third-order valence-corrected chi connectivity index (χ3v) is 2.76. The van der Waals surface area contributed by atoms with E-state index in [1.54, 1.807) is 30.3 Å². The summed E-state index contributed by atoms with van der Waals surface area (Å²) >= 11 is 5.93. The Balaban J connectivity index is 2.40. The molecule has 0 radical (unpaired) electrons. The van der Waals surface area contributed by atoms with Crippen LogP contribution in [0.2, 0.25) is 5.02 Å². The third kappa shape index (κ3) is 2.66. The standard InChI is InChI=1S/C12H9BClFO2/c14-12-7-10(15)5-6-11(12)8-1-3-9(4-2-8)13(16)17/h1-7,16-17H. The highest BCUT2D eigenvalue weighted by Gasteiger charge is 2.11. The number of benzene rings is 2. The van der Waals surface area contributed by atoms with Crippen LogP contribution in [0, 0.1) is 5.82 Å². The van der Waals surface area contributed by atoms with Gasteiger partial charge in [-0.25, -0.2) is 4.39 Å². The normalized spacial score (nSPS) is 10.4. The molecule has 0 bridgehead atoms. The van der Waals surface area contributed by atoms with Gasteiger partial charge in [0.2, 0.25) is 0 Å². The molecule has 17 heavy (non-hydrogen) atoms. The number of hydrogen-bond donors (Lipinski definition) is 2. The summed E-state index contributed by atoms with van der Waals surface area (Å²) in [5.74, 6) is -0.388. The Bertz CT molecular complexity index is 529. The minimum Gasteiger partial charge on any atom is -0.423 e. The van der Waals surface area contributed by atoms with Crippen molar-refractivity contribution in [3.63, 3.8) is 0 Å². The lowest BCUT2D eigenvalue weighted by Gasteiger charge is -2.06. The molecule has 0 aliphatic carbocycles. The van der Waals surface area contributed by atoms with Crippen molar-refractivity contribution in [3.8, 4) is 11.1 Å². The Morgan fingerprint density at radius 1 is 1.00 bits per heavy atom. The molecule has 0 saturated carbocycles.